The number of rotatable bonds is 0. The first-order valence-electron chi connectivity index (χ1n) is 2.95. The van der Waals surface area contributed by atoms with Gasteiger partial charge in [0, 0.05) is 42.0 Å². The van der Waals surface area contributed by atoms with Gasteiger partial charge in [0.2, 0.25) is 0 Å². The molecule has 0 aromatic carbocycles. The van der Waals surface area contributed by atoms with E-state index >= 15 is 0 Å². The van der Waals surface area contributed by atoms with E-state index in [2.05, 4.69) is 26.0 Å². The first-order valence-corrected chi connectivity index (χ1v) is 3.92. The van der Waals surface area contributed by atoms with Crippen LogP contribution in [0.25, 0.3) is 0 Å². The molecule has 2 rings (SSSR count). The Morgan fingerprint density at radius 1 is 1.38 bits per heavy atom. The summed E-state index contributed by atoms with van der Waals surface area (Å²) < 4.78 is 2.33. The van der Waals surface area contributed by atoms with E-state index in [-0.39, 0.29) is 0 Å². The van der Waals surface area contributed by atoms with Crippen LogP contribution in [-0.4, -0.2) is 22.2 Å². The van der Waals surface area contributed by atoms with Crippen LogP contribution in [0.15, 0.2) is 0 Å². The maximum absolute atomic E-state index is 5.70. The maximum atomic E-state index is 5.70. The lowest BCUT2D eigenvalue weighted by Gasteiger charge is -2.06. The average Bonchev–Trinajstić information content (AvgIpc) is 2.29. The number of fused-ring (bicyclic) bond motifs is 1. The predicted molar refractivity (Wildman–Crippen MR) is 40.5 cm³/mol. The van der Waals surface area contributed by atoms with Crippen LogP contribution in [0.3, 0.4) is 0 Å². The van der Waals surface area contributed by atoms with Gasteiger partial charge in [0.05, 0.1) is 0 Å². The molecule has 1 aliphatic carbocycles. The Bertz CT molecular complexity index is 105. The molecule has 1 heterocycles. The van der Waals surface area contributed by atoms with E-state index in [1.165, 1.54) is 13.1 Å². The van der Waals surface area contributed by atoms with Crippen molar-refractivity contribution < 1.29 is 0 Å². The van der Waals surface area contributed by atoms with Gasteiger partial charge >= 0.3 is 0 Å². The molecule has 2 aliphatic rings. The highest BCUT2D eigenvalue weighted by molar-refractivity contribution is 14.1. The van der Waals surface area contributed by atoms with Gasteiger partial charge in [-0.15, -0.1) is 0 Å². The van der Waals surface area contributed by atoms with E-state index in [9.17, 15) is 0 Å². The molecule has 0 spiro atoms. The van der Waals surface area contributed by atoms with Gasteiger partial charge in [-0.3, -0.25) is 0 Å². The number of halogens is 1. The molecule has 0 radical (unpaired) electrons. The molecule has 2 nitrogen and oxygen atoms in total. The van der Waals surface area contributed by atoms with Crippen molar-refractivity contribution in [2.45, 2.75) is 6.04 Å². The zero-order valence-electron chi connectivity index (χ0n) is 4.55. The van der Waals surface area contributed by atoms with Crippen molar-refractivity contribution in [1.82, 2.24) is 3.11 Å². The first-order chi connectivity index (χ1) is 3.79. The summed E-state index contributed by atoms with van der Waals surface area (Å²) in [6.07, 6.45) is 0. The highest BCUT2D eigenvalue weighted by atomic mass is 127. The summed E-state index contributed by atoms with van der Waals surface area (Å²) in [7, 11) is 0. The second kappa shape index (κ2) is 1.58. The standard InChI is InChI=1S/C5H9IN2/c6-8-1-3-4(2-8)5(3)7/h3-5H,1-2,7H2/t3-,4+,5?. The van der Waals surface area contributed by atoms with Crippen molar-refractivity contribution in [3.63, 3.8) is 0 Å². The molecule has 0 amide bonds. The van der Waals surface area contributed by atoms with Gasteiger partial charge in [-0.1, -0.05) is 0 Å². The molecule has 1 unspecified atom stereocenters. The van der Waals surface area contributed by atoms with E-state index in [0.29, 0.717) is 6.04 Å². The number of hydrogen-bond acceptors (Lipinski definition) is 2. The Hall–Kier alpha value is 0.650. The third-order valence-electron chi connectivity index (χ3n) is 2.22. The minimum Gasteiger partial charge on any atom is -0.327 e. The summed E-state index contributed by atoms with van der Waals surface area (Å²) in [5.41, 5.74) is 5.70. The molecule has 0 aromatic heterocycles. The van der Waals surface area contributed by atoms with E-state index in [0.717, 1.165) is 11.8 Å². The van der Waals surface area contributed by atoms with Crippen LogP contribution in [0.5, 0.6) is 0 Å². The van der Waals surface area contributed by atoms with Gasteiger partial charge in [0.15, 0.2) is 0 Å². The molecule has 46 valence electrons. The summed E-state index contributed by atoms with van der Waals surface area (Å²) in [4.78, 5) is 0. The molecule has 3 heteroatoms. The summed E-state index contributed by atoms with van der Waals surface area (Å²) in [5, 5.41) is 0. The van der Waals surface area contributed by atoms with Crippen molar-refractivity contribution >= 4 is 22.9 Å². The average molecular weight is 224 g/mol. The van der Waals surface area contributed by atoms with Crippen molar-refractivity contribution in [1.29, 1.82) is 0 Å². The fourth-order valence-electron chi connectivity index (χ4n) is 1.52. The normalized spacial score (nSPS) is 54.0. The molecule has 2 N–H and O–H groups in total. The maximum Gasteiger partial charge on any atom is 0.0201 e. The van der Waals surface area contributed by atoms with Gasteiger partial charge in [0.25, 0.3) is 0 Å². The van der Waals surface area contributed by atoms with Gasteiger partial charge in [0.1, 0.15) is 0 Å². The van der Waals surface area contributed by atoms with Gasteiger partial charge < -0.3 is 5.73 Å². The highest BCUT2D eigenvalue weighted by Gasteiger charge is 2.52. The first kappa shape index (κ1) is 5.44. The summed E-state index contributed by atoms with van der Waals surface area (Å²) >= 11 is 2.37. The number of nitrogens with two attached hydrogens (primary N) is 1. The van der Waals surface area contributed by atoms with Crippen molar-refractivity contribution in [2.75, 3.05) is 13.1 Å². The second-order valence-electron chi connectivity index (χ2n) is 2.73. The van der Waals surface area contributed by atoms with E-state index in [1.54, 1.807) is 0 Å². The molecular formula is C5H9IN2. The molecule has 8 heavy (non-hydrogen) atoms. The molecule has 0 bridgehead atoms. The lowest BCUT2D eigenvalue weighted by atomic mass is 10.4. The van der Waals surface area contributed by atoms with Gasteiger partial charge in [-0.25, -0.2) is 3.11 Å². The predicted octanol–water partition coefficient (Wildman–Crippen LogP) is 0.225. The van der Waals surface area contributed by atoms with Crippen LogP contribution in [0, 0.1) is 11.8 Å². The lowest BCUT2D eigenvalue weighted by Crippen LogP contribution is -2.19. The number of nitrogens with zero attached hydrogens (tertiary/aromatic N) is 1. The monoisotopic (exact) mass is 224 g/mol. The van der Waals surface area contributed by atoms with Crippen LogP contribution in [0.1, 0.15) is 0 Å². The van der Waals surface area contributed by atoms with Crippen molar-refractivity contribution in [2.24, 2.45) is 17.6 Å². The fraction of sp³-hybridized carbons (Fsp3) is 1.00. The van der Waals surface area contributed by atoms with Crippen LogP contribution < -0.4 is 5.73 Å². The SMILES string of the molecule is NC1[C@H]2CN(I)C[C@@H]12. The van der Waals surface area contributed by atoms with Gasteiger partial charge in [-0.2, -0.15) is 0 Å². The smallest absolute Gasteiger partial charge is 0.0201 e. The Balaban J connectivity index is 2.00. The van der Waals surface area contributed by atoms with Crippen LogP contribution in [-0.2, 0) is 0 Å². The second-order valence-corrected chi connectivity index (χ2v) is 4.10. The molecule has 1 saturated heterocycles. The fourth-order valence-corrected chi connectivity index (χ4v) is 2.43. The zero-order valence-corrected chi connectivity index (χ0v) is 6.71. The lowest BCUT2D eigenvalue weighted by molar-refractivity contribution is 0.532. The zero-order chi connectivity index (χ0) is 5.72. The van der Waals surface area contributed by atoms with Crippen LogP contribution in [0.2, 0.25) is 0 Å². The third-order valence-corrected chi connectivity index (χ3v) is 3.00. The quantitative estimate of drug-likeness (QED) is 0.471. The minimum atomic E-state index is 0.556. The van der Waals surface area contributed by atoms with Crippen LogP contribution >= 0.6 is 22.9 Å². The van der Waals surface area contributed by atoms with Crippen LogP contribution in [0.4, 0.5) is 0 Å². The Kier molecular flexibility index (Phi) is 1.07. The van der Waals surface area contributed by atoms with Crippen molar-refractivity contribution in [3.8, 4) is 0 Å². The molecular weight excluding hydrogens is 215 g/mol. The van der Waals surface area contributed by atoms with Gasteiger partial charge in [-0.05, 0) is 11.8 Å². The summed E-state index contributed by atoms with van der Waals surface area (Å²) in [6, 6.07) is 0.556. The molecule has 2 fully saturated rings. The Labute approximate surface area is 62.9 Å². The van der Waals surface area contributed by atoms with E-state index in [1.807, 2.05) is 0 Å². The summed E-state index contributed by atoms with van der Waals surface area (Å²) in [5.74, 6) is 1.71. The summed E-state index contributed by atoms with van der Waals surface area (Å²) in [6.45, 7) is 2.46. The third kappa shape index (κ3) is 0.610. The largest absolute Gasteiger partial charge is 0.327 e. The minimum absolute atomic E-state index is 0.556. The van der Waals surface area contributed by atoms with E-state index in [4.69, 9.17) is 5.73 Å². The highest BCUT2D eigenvalue weighted by Crippen LogP contribution is 2.44. The number of piperidine rings is 1. The Morgan fingerprint density at radius 3 is 2.25 bits per heavy atom. The molecule has 0 aromatic rings. The molecule has 1 aliphatic heterocycles. The van der Waals surface area contributed by atoms with E-state index < -0.39 is 0 Å². The molecule has 1 saturated carbocycles. The Morgan fingerprint density at radius 2 is 1.88 bits per heavy atom. The molecule has 3 atom stereocenters. The van der Waals surface area contributed by atoms with Crippen molar-refractivity contribution in [3.05, 3.63) is 0 Å². The topological polar surface area (TPSA) is 29.3 Å². The number of hydrogen-bond donors (Lipinski definition) is 1.